The van der Waals surface area contributed by atoms with E-state index in [-0.39, 0.29) is 0 Å². The van der Waals surface area contributed by atoms with Crippen LogP contribution >= 0.6 is 0 Å². The van der Waals surface area contributed by atoms with Gasteiger partial charge in [0.2, 0.25) is 0 Å². The van der Waals surface area contributed by atoms with E-state index in [1.807, 2.05) is 0 Å². The minimum atomic E-state index is -0.444. The molecule has 0 spiro atoms. The first-order chi connectivity index (χ1) is 9.08. The Morgan fingerprint density at radius 1 is 1.53 bits per heavy atom. The molecule has 0 radical (unpaired) electrons. The second-order valence-electron chi connectivity index (χ2n) is 3.96. The van der Waals surface area contributed by atoms with Crippen molar-refractivity contribution >= 4 is 12.3 Å². The lowest BCUT2D eigenvalue weighted by Gasteiger charge is -2.02. The number of ether oxygens (including phenoxy) is 1. The van der Waals surface area contributed by atoms with E-state index in [0.29, 0.717) is 29.2 Å². The molecule has 0 atom stereocenters. The number of hydrogen-bond donors (Lipinski definition) is 0. The van der Waals surface area contributed by atoms with Crippen LogP contribution in [-0.4, -0.2) is 38.4 Å². The molecule has 7 nitrogen and oxygen atoms in total. The quantitative estimate of drug-likeness (QED) is 0.604. The highest BCUT2D eigenvalue weighted by atomic mass is 16.5. The summed E-state index contributed by atoms with van der Waals surface area (Å²) in [5, 5.41) is 8.23. The summed E-state index contributed by atoms with van der Waals surface area (Å²) in [5.74, 6) is 0.0725. The van der Waals surface area contributed by atoms with Crippen molar-refractivity contribution in [2.45, 2.75) is 13.8 Å². The number of aryl methyl sites for hydroxylation is 2. The van der Waals surface area contributed by atoms with Crippen LogP contribution in [0.3, 0.4) is 0 Å². The van der Waals surface area contributed by atoms with Gasteiger partial charge in [0.15, 0.2) is 12.1 Å². The van der Waals surface area contributed by atoms with Gasteiger partial charge in [-0.05, 0) is 13.8 Å². The van der Waals surface area contributed by atoms with Gasteiger partial charge in [-0.15, -0.1) is 0 Å². The molecule has 0 saturated carbocycles. The van der Waals surface area contributed by atoms with Crippen LogP contribution in [0, 0.1) is 6.92 Å². The zero-order chi connectivity index (χ0) is 14.0. The van der Waals surface area contributed by atoms with Crippen molar-refractivity contribution in [3.63, 3.8) is 0 Å². The lowest BCUT2D eigenvalue weighted by molar-refractivity contribution is 0.0526. The van der Waals surface area contributed by atoms with E-state index in [1.54, 1.807) is 25.6 Å². The van der Waals surface area contributed by atoms with Crippen LogP contribution in [0.4, 0.5) is 0 Å². The molecule has 0 unspecified atom stereocenters. The van der Waals surface area contributed by atoms with Crippen molar-refractivity contribution in [1.29, 1.82) is 0 Å². The number of aldehydes is 1. The molecule has 2 rings (SSSR count). The fraction of sp³-hybridized carbons (Fsp3) is 0.333. The molecule has 0 fully saturated rings. The second-order valence-corrected chi connectivity index (χ2v) is 3.96. The standard InChI is InChI=1S/C12H14N4O3/c1-4-19-12(18)9-5-13-16(6-9)11-10(7-17)8(2)14-15(11)3/h5-7H,4H2,1-3H3. The maximum atomic E-state index is 11.6. The van der Waals surface area contributed by atoms with Gasteiger partial charge in [0, 0.05) is 13.2 Å². The zero-order valence-electron chi connectivity index (χ0n) is 11.0. The van der Waals surface area contributed by atoms with Crippen LogP contribution < -0.4 is 0 Å². The SMILES string of the molecule is CCOC(=O)c1cnn(-c2c(C=O)c(C)nn2C)c1. The van der Waals surface area contributed by atoms with Crippen molar-refractivity contribution in [1.82, 2.24) is 19.6 Å². The highest BCUT2D eigenvalue weighted by molar-refractivity contribution is 5.89. The Morgan fingerprint density at radius 2 is 2.26 bits per heavy atom. The van der Waals surface area contributed by atoms with Gasteiger partial charge in [0.25, 0.3) is 0 Å². The third-order valence-electron chi connectivity index (χ3n) is 2.67. The fourth-order valence-corrected chi connectivity index (χ4v) is 1.83. The topological polar surface area (TPSA) is 79.0 Å². The molecule has 0 aromatic carbocycles. The first kappa shape index (κ1) is 13.0. The molecule has 0 saturated heterocycles. The molecule has 0 aliphatic carbocycles. The largest absolute Gasteiger partial charge is 0.462 e. The van der Waals surface area contributed by atoms with Crippen molar-refractivity contribution < 1.29 is 14.3 Å². The molecular formula is C12H14N4O3. The van der Waals surface area contributed by atoms with Crippen molar-refractivity contribution in [2.24, 2.45) is 7.05 Å². The van der Waals surface area contributed by atoms with E-state index in [2.05, 4.69) is 10.2 Å². The maximum Gasteiger partial charge on any atom is 0.341 e. The van der Waals surface area contributed by atoms with Crippen LogP contribution in [0.25, 0.3) is 5.82 Å². The summed E-state index contributed by atoms with van der Waals surface area (Å²) in [6.45, 7) is 3.77. The summed E-state index contributed by atoms with van der Waals surface area (Å²) in [6, 6.07) is 0. The highest BCUT2D eigenvalue weighted by Gasteiger charge is 2.17. The van der Waals surface area contributed by atoms with E-state index in [0.717, 1.165) is 6.29 Å². The van der Waals surface area contributed by atoms with E-state index in [9.17, 15) is 9.59 Å². The molecule has 7 heteroatoms. The smallest absolute Gasteiger partial charge is 0.341 e. The molecule has 100 valence electrons. The van der Waals surface area contributed by atoms with Gasteiger partial charge in [-0.2, -0.15) is 10.2 Å². The molecule has 0 aliphatic heterocycles. The Hall–Kier alpha value is -2.44. The predicted octanol–water partition coefficient (Wildman–Crippen LogP) is 0.903. The summed E-state index contributed by atoms with van der Waals surface area (Å²) in [6.07, 6.45) is 3.64. The lowest BCUT2D eigenvalue weighted by Crippen LogP contribution is -2.06. The van der Waals surface area contributed by atoms with E-state index >= 15 is 0 Å². The number of carbonyl (C=O) groups excluding carboxylic acids is 2. The average Bonchev–Trinajstić information content (AvgIpc) is 2.93. The Balaban J connectivity index is 2.43. The van der Waals surface area contributed by atoms with Crippen LogP contribution in [-0.2, 0) is 11.8 Å². The Morgan fingerprint density at radius 3 is 2.89 bits per heavy atom. The summed E-state index contributed by atoms with van der Waals surface area (Å²) in [7, 11) is 1.71. The Kier molecular flexibility index (Phi) is 3.46. The second kappa shape index (κ2) is 5.05. The number of esters is 1. The predicted molar refractivity (Wildman–Crippen MR) is 66.4 cm³/mol. The Labute approximate surface area is 109 Å². The lowest BCUT2D eigenvalue weighted by atomic mass is 10.2. The van der Waals surface area contributed by atoms with Crippen molar-refractivity contribution in [3.05, 3.63) is 29.2 Å². The zero-order valence-corrected chi connectivity index (χ0v) is 11.0. The molecule has 0 aliphatic rings. The summed E-state index contributed by atoms with van der Waals surface area (Å²) in [4.78, 5) is 22.7. The van der Waals surface area contributed by atoms with Crippen LogP contribution in [0.1, 0.15) is 33.3 Å². The van der Waals surface area contributed by atoms with Gasteiger partial charge >= 0.3 is 5.97 Å². The molecule has 2 aromatic heterocycles. The first-order valence-electron chi connectivity index (χ1n) is 5.79. The molecule has 2 heterocycles. The first-order valence-corrected chi connectivity index (χ1v) is 5.79. The van der Waals surface area contributed by atoms with Crippen molar-refractivity contribution in [2.75, 3.05) is 6.61 Å². The summed E-state index contributed by atoms with van der Waals surface area (Å²) in [5.41, 5.74) is 1.39. The molecule has 0 amide bonds. The molecule has 19 heavy (non-hydrogen) atoms. The van der Waals surface area contributed by atoms with Gasteiger partial charge in [-0.1, -0.05) is 0 Å². The van der Waals surface area contributed by atoms with E-state index in [1.165, 1.54) is 17.1 Å². The van der Waals surface area contributed by atoms with E-state index < -0.39 is 5.97 Å². The van der Waals surface area contributed by atoms with E-state index in [4.69, 9.17) is 4.74 Å². The van der Waals surface area contributed by atoms with Crippen LogP contribution in [0.2, 0.25) is 0 Å². The minimum absolute atomic E-state index is 0.300. The van der Waals surface area contributed by atoms with Gasteiger partial charge < -0.3 is 4.74 Å². The highest BCUT2D eigenvalue weighted by Crippen LogP contribution is 2.16. The summed E-state index contributed by atoms with van der Waals surface area (Å²) >= 11 is 0. The Bertz CT molecular complexity index is 627. The fourth-order valence-electron chi connectivity index (χ4n) is 1.83. The van der Waals surface area contributed by atoms with Gasteiger partial charge in [-0.25, -0.2) is 9.48 Å². The molecule has 0 bridgehead atoms. The minimum Gasteiger partial charge on any atom is -0.462 e. The number of hydrogen-bond acceptors (Lipinski definition) is 5. The third-order valence-corrected chi connectivity index (χ3v) is 2.67. The van der Waals surface area contributed by atoms with Gasteiger partial charge in [-0.3, -0.25) is 9.48 Å². The molecule has 2 aromatic rings. The van der Waals surface area contributed by atoms with Crippen LogP contribution in [0.15, 0.2) is 12.4 Å². The van der Waals surface area contributed by atoms with Crippen LogP contribution in [0.5, 0.6) is 0 Å². The van der Waals surface area contributed by atoms with Gasteiger partial charge in [0.1, 0.15) is 0 Å². The summed E-state index contributed by atoms with van der Waals surface area (Å²) < 4.78 is 7.87. The number of aromatic nitrogens is 4. The normalized spacial score (nSPS) is 10.5. The van der Waals surface area contributed by atoms with Crippen molar-refractivity contribution in [3.8, 4) is 5.82 Å². The average molecular weight is 262 g/mol. The number of nitrogens with zero attached hydrogens (tertiary/aromatic N) is 4. The molecular weight excluding hydrogens is 248 g/mol. The number of rotatable bonds is 4. The maximum absolute atomic E-state index is 11.6. The van der Waals surface area contributed by atoms with Gasteiger partial charge in [0.05, 0.1) is 29.6 Å². The molecule has 0 N–H and O–H groups in total. The monoisotopic (exact) mass is 262 g/mol. The third kappa shape index (κ3) is 2.26. The number of carbonyl (C=O) groups is 2.